The molecule has 6 nitrogen and oxygen atoms in total. The number of hydrogen-bond acceptors (Lipinski definition) is 4. The van der Waals surface area contributed by atoms with E-state index in [-0.39, 0.29) is 17.7 Å². The maximum atomic E-state index is 12.1. The highest BCUT2D eigenvalue weighted by Crippen LogP contribution is 2.30. The summed E-state index contributed by atoms with van der Waals surface area (Å²) in [5.41, 5.74) is 0.572. The summed E-state index contributed by atoms with van der Waals surface area (Å²) in [6.07, 6.45) is -0.578. The molecule has 0 saturated heterocycles. The highest BCUT2D eigenvalue weighted by atomic mass is 16.6. The maximum Gasteiger partial charge on any atom is 0.410 e. The third kappa shape index (κ3) is 6.10. The topological polar surface area (TPSA) is 78.9 Å². The van der Waals surface area contributed by atoms with E-state index in [0.29, 0.717) is 5.69 Å². The minimum Gasteiger partial charge on any atom is -0.506 e. The van der Waals surface area contributed by atoms with Gasteiger partial charge in [-0.25, -0.2) is 4.79 Å². The quantitative estimate of drug-likeness (QED) is 0.828. The predicted octanol–water partition coefficient (Wildman–Crippen LogP) is 3.50. The van der Waals surface area contributed by atoms with Crippen LogP contribution in [0.2, 0.25) is 0 Å². The lowest BCUT2D eigenvalue weighted by molar-refractivity contribution is -0.117. The van der Waals surface area contributed by atoms with Crippen molar-refractivity contribution in [3.05, 3.63) is 23.8 Å². The summed E-state index contributed by atoms with van der Waals surface area (Å²) in [7, 11) is 1.49. The van der Waals surface area contributed by atoms with Crippen LogP contribution in [0.15, 0.2) is 18.2 Å². The zero-order chi connectivity index (χ0) is 18.7. The van der Waals surface area contributed by atoms with Gasteiger partial charge in [-0.1, -0.05) is 26.8 Å². The monoisotopic (exact) mass is 336 g/mol. The van der Waals surface area contributed by atoms with Gasteiger partial charge in [0.15, 0.2) is 0 Å². The molecule has 0 aliphatic heterocycles. The molecule has 2 amide bonds. The van der Waals surface area contributed by atoms with Gasteiger partial charge in [-0.3, -0.25) is 4.79 Å². The molecule has 0 spiro atoms. The standard InChI is InChI=1S/C18H28N2O4/c1-17(2,3)12-8-9-14(21)13(10-12)19-15(22)11-20(7)16(23)24-18(4,5)6/h8-10,21H,11H2,1-7H3,(H,19,22). The van der Waals surface area contributed by atoms with Crippen LogP contribution in [-0.4, -0.2) is 41.2 Å². The second kappa shape index (κ2) is 7.11. The molecule has 0 fully saturated rings. The van der Waals surface area contributed by atoms with Gasteiger partial charge in [0.2, 0.25) is 5.91 Å². The number of nitrogens with zero attached hydrogens (tertiary/aromatic N) is 1. The van der Waals surface area contributed by atoms with Crippen LogP contribution in [0.1, 0.15) is 47.1 Å². The number of anilines is 1. The number of benzene rings is 1. The number of likely N-dealkylation sites (N-methyl/N-ethyl adjacent to an activating group) is 1. The number of phenols is 1. The number of carbonyl (C=O) groups excluding carboxylic acids is 2. The van der Waals surface area contributed by atoms with E-state index in [1.54, 1.807) is 32.9 Å². The number of aromatic hydroxyl groups is 1. The number of carbonyl (C=O) groups is 2. The predicted molar refractivity (Wildman–Crippen MR) is 94.3 cm³/mol. The van der Waals surface area contributed by atoms with Gasteiger partial charge in [-0.05, 0) is 43.9 Å². The van der Waals surface area contributed by atoms with E-state index >= 15 is 0 Å². The van der Waals surface area contributed by atoms with Crippen LogP contribution < -0.4 is 5.32 Å². The number of hydrogen-bond donors (Lipinski definition) is 2. The second-order valence-electron chi connectivity index (χ2n) is 7.87. The van der Waals surface area contributed by atoms with E-state index in [0.717, 1.165) is 5.56 Å². The van der Waals surface area contributed by atoms with Crippen molar-refractivity contribution in [2.24, 2.45) is 0 Å². The molecule has 6 heteroatoms. The molecule has 0 saturated carbocycles. The van der Waals surface area contributed by atoms with Gasteiger partial charge in [0.05, 0.1) is 5.69 Å². The summed E-state index contributed by atoms with van der Waals surface area (Å²) in [5.74, 6) is -0.430. The van der Waals surface area contributed by atoms with Crippen LogP contribution >= 0.6 is 0 Å². The van der Waals surface area contributed by atoms with E-state index in [9.17, 15) is 14.7 Å². The lowest BCUT2D eigenvalue weighted by Crippen LogP contribution is -2.38. The van der Waals surface area contributed by atoms with Crippen LogP contribution in [0.3, 0.4) is 0 Å². The molecule has 0 atom stereocenters. The number of amides is 2. The molecule has 0 aliphatic carbocycles. The molecule has 0 aromatic heterocycles. The molecular weight excluding hydrogens is 308 g/mol. The molecule has 0 heterocycles. The van der Waals surface area contributed by atoms with Gasteiger partial charge in [0.25, 0.3) is 0 Å². The maximum absolute atomic E-state index is 12.1. The first kappa shape index (κ1) is 19.8. The van der Waals surface area contributed by atoms with Crippen LogP contribution in [-0.2, 0) is 14.9 Å². The van der Waals surface area contributed by atoms with Gasteiger partial charge in [0, 0.05) is 7.05 Å². The Morgan fingerprint density at radius 3 is 2.25 bits per heavy atom. The highest BCUT2D eigenvalue weighted by Gasteiger charge is 2.22. The molecule has 1 aromatic rings. The molecule has 0 bridgehead atoms. The lowest BCUT2D eigenvalue weighted by Gasteiger charge is -2.24. The number of ether oxygens (including phenoxy) is 1. The van der Waals surface area contributed by atoms with Crippen molar-refractivity contribution in [2.45, 2.75) is 52.6 Å². The smallest absolute Gasteiger partial charge is 0.410 e. The van der Waals surface area contributed by atoms with Crippen LogP contribution in [0.5, 0.6) is 5.75 Å². The fraction of sp³-hybridized carbons (Fsp3) is 0.556. The summed E-state index contributed by atoms with van der Waals surface area (Å²) in [6, 6.07) is 5.10. The Balaban J connectivity index is 2.76. The molecule has 0 radical (unpaired) electrons. The number of rotatable bonds is 3. The Morgan fingerprint density at radius 2 is 1.75 bits per heavy atom. The molecule has 0 aliphatic rings. The minimum atomic E-state index is -0.624. The van der Waals surface area contributed by atoms with Crippen molar-refractivity contribution < 1.29 is 19.4 Å². The summed E-state index contributed by atoms with van der Waals surface area (Å²) in [6.45, 7) is 11.2. The first-order valence-electron chi connectivity index (χ1n) is 7.87. The van der Waals surface area contributed by atoms with E-state index < -0.39 is 17.6 Å². The molecule has 1 aromatic carbocycles. The van der Waals surface area contributed by atoms with Gasteiger partial charge < -0.3 is 20.1 Å². The first-order valence-corrected chi connectivity index (χ1v) is 7.87. The summed E-state index contributed by atoms with van der Waals surface area (Å²) in [5, 5.41) is 12.6. The van der Waals surface area contributed by atoms with Crippen LogP contribution in [0, 0.1) is 0 Å². The van der Waals surface area contributed by atoms with Gasteiger partial charge >= 0.3 is 6.09 Å². The molecule has 24 heavy (non-hydrogen) atoms. The average molecular weight is 336 g/mol. The second-order valence-corrected chi connectivity index (χ2v) is 7.87. The third-order valence-electron chi connectivity index (χ3n) is 3.22. The Labute approximate surface area is 143 Å². The third-order valence-corrected chi connectivity index (χ3v) is 3.22. The van der Waals surface area contributed by atoms with Crippen molar-refractivity contribution in [3.8, 4) is 5.75 Å². The Kier molecular flexibility index (Phi) is 5.87. The van der Waals surface area contributed by atoms with Crippen molar-refractivity contribution >= 4 is 17.7 Å². The van der Waals surface area contributed by atoms with Crippen molar-refractivity contribution in [3.63, 3.8) is 0 Å². The molecule has 1 rings (SSSR count). The molecule has 2 N–H and O–H groups in total. The zero-order valence-corrected chi connectivity index (χ0v) is 15.6. The Morgan fingerprint density at radius 1 is 1.17 bits per heavy atom. The fourth-order valence-corrected chi connectivity index (χ4v) is 1.91. The van der Waals surface area contributed by atoms with Gasteiger partial charge in [-0.15, -0.1) is 0 Å². The van der Waals surface area contributed by atoms with E-state index in [1.807, 2.05) is 26.8 Å². The summed E-state index contributed by atoms with van der Waals surface area (Å²) < 4.78 is 5.20. The normalized spacial score (nSPS) is 11.8. The Hall–Kier alpha value is -2.24. The summed E-state index contributed by atoms with van der Waals surface area (Å²) >= 11 is 0. The van der Waals surface area contributed by atoms with Crippen molar-refractivity contribution in [2.75, 3.05) is 18.9 Å². The lowest BCUT2D eigenvalue weighted by atomic mass is 9.87. The van der Waals surface area contributed by atoms with Crippen molar-refractivity contribution in [1.82, 2.24) is 4.90 Å². The van der Waals surface area contributed by atoms with Gasteiger partial charge in [0.1, 0.15) is 17.9 Å². The minimum absolute atomic E-state index is 0.0173. The summed E-state index contributed by atoms with van der Waals surface area (Å²) in [4.78, 5) is 25.2. The average Bonchev–Trinajstić information content (AvgIpc) is 2.37. The molecule has 134 valence electrons. The van der Waals surface area contributed by atoms with Crippen molar-refractivity contribution in [1.29, 1.82) is 0 Å². The van der Waals surface area contributed by atoms with E-state index in [1.165, 1.54) is 11.9 Å². The number of nitrogens with one attached hydrogen (secondary N) is 1. The Bertz CT molecular complexity index is 612. The molecule has 0 unspecified atom stereocenters. The zero-order valence-electron chi connectivity index (χ0n) is 15.6. The number of phenolic OH excluding ortho intramolecular Hbond substituents is 1. The van der Waals surface area contributed by atoms with Crippen LogP contribution in [0.25, 0.3) is 0 Å². The first-order chi connectivity index (χ1) is 10.8. The van der Waals surface area contributed by atoms with Crippen LogP contribution in [0.4, 0.5) is 10.5 Å². The molecular formula is C18H28N2O4. The largest absolute Gasteiger partial charge is 0.506 e. The van der Waals surface area contributed by atoms with E-state index in [2.05, 4.69) is 5.32 Å². The van der Waals surface area contributed by atoms with Gasteiger partial charge in [-0.2, -0.15) is 0 Å². The highest BCUT2D eigenvalue weighted by molar-refractivity contribution is 5.95. The van der Waals surface area contributed by atoms with E-state index in [4.69, 9.17) is 4.74 Å². The fourth-order valence-electron chi connectivity index (χ4n) is 1.91. The SMILES string of the molecule is CN(CC(=O)Nc1cc(C(C)(C)C)ccc1O)C(=O)OC(C)(C)C.